The maximum Gasteiger partial charge on any atom is 0.291 e. The molecule has 106 valence electrons. The summed E-state index contributed by atoms with van der Waals surface area (Å²) in [6, 6.07) is 5.06. The number of hydrogen-bond acceptors (Lipinski definition) is 3. The van der Waals surface area contributed by atoms with Crippen LogP contribution in [-0.4, -0.2) is 26.7 Å². The third-order valence-corrected chi connectivity index (χ3v) is 3.08. The molecule has 0 aliphatic rings. The fourth-order valence-corrected chi connectivity index (χ4v) is 2.05. The van der Waals surface area contributed by atoms with Crippen LogP contribution in [0.5, 0.6) is 0 Å². The van der Waals surface area contributed by atoms with Crippen LogP contribution in [0.1, 0.15) is 30.3 Å². The first-order valence-corrected chi connectivity index (χ1v) is 6.84. The first-order valence-electron chi connectivity index (χ1n) is 6.08. The maximum atomic E-state index is 11.9. The Kier molecular flexibility index (Phi) is 4.30. The van der Waals surface area contributed by atoms with Crippen LogP contribution in [-0.2, 0) is 0 Å². The molecule has 0 unspecified atom stereocenters. The number of benzene rings is 1. The second-order valence-corrected chi connectivity index (χ2v) is 5.46. The van der Waals surface area contributed by atoms with Crippen molar-refractivity contribution in [2.75, 3.05) is 0 Å². The number of halogens is 2. The highest BCUT2D eigenvalue weighted by Crippen LogP contribution is 2.24. The molecule has 1 aromatic carbocycles. The molecule has 0 aliphatic heterocycles. The number of nitrogens with one attached hydrogen (secondary N) is 1. The van der Waals surface area contributed by atoms with Gasteiger partial charge >= 0.3 is 0 Å². The summed E-state index contributed by atoms with van der Waals surface area (Å²) >= 11 is 12.1. The second-order valence-electron chi connectivity index (χ2n) is 4.62. The number of hydrogen-bond donors (Lipinski definition) is 1. The van der Waals surface area contributed by atoms with Gasteiger partial charge in [-0.2, -0.15) is 0 Å². The van der Waals surface area contributed by atoms with Gasteiger partial charge in [-0.3, -0.25) is 4.79 Å². The Balaban J connectivity index is 2.41. The average Bonchev–Trinajstić information content (AvgIpc) is 2.74. The van der Waals surface area contributed by atoms with Crippen LogP contribution in [0, 0.1) is 6.92 Å². The molecule has 0 aliphatic carbocycles. The average molecular weight is 313 g/mol. The highest BCUT2D eigenvalue weighted by atomic mass is 35.5. The molecule has 1 aromatic heterocycles. The molecule has 0 spiro atoms. The van der Waals surface area contributed by atoms with E-state index in [1.807, 2.05) is 13.8 Å². The molecule has 0 bridgehead atoms. The number of amides is 1. The molecular weight excluding hydrogens is 299 g/mol. The Hall–Kier alpha value is -1.59. The number of rotatable bonds is 3. The van der Waals surface area contributed by atoms with Crippen LogP contribution in [0.4, 0.5) is 0 Å². The summed E-state index contributed by atoms with van der Waals surface area (Å²) in [5.41, 5.74) is 0.591. The fourth-order valence-electron chi connectivity index (χ4n) is 1.69. The van der Waals surface area contributed by atoms with Gasteiger partial charge in [-0.1, -0.05) is 23.2 Å². The Bertz CT molecular complexity index is 652. The van der Waals surface area contributed by atoms with E-state index in [-0.39, 0.29) is 17.8 Å². The summed E-state index contributed by atoms with van der Waals surface area (Å²) in [5.74, 6) is 0.343. The van der Waals surface area contributed by atoms with Crippen molar-refractivity contribution < 1.29 is 4.79 Å². The van der Waals surface area contributed by atoms with Crippen molar-refractivity contribution in [2.45, 2.75) is 26.8 Å². The highest BCUT2D eigenvalue weighted by molar-refractivity contribution is 6.34. The van der Waals surface area contributed by atoms with Crippen LogP contribution in [0.2, 0.25) is 10.0 Å². The zero-order chi connectivity index (χ0) is 14.9. The van der Waals surface area contributed by atoms with Crippen molar-refractivity contribution in [2.24, 2.45) is 0 Å². The molecule has 1 amide bonds. The van der Waals surface area contributed by atoms with E-state index in [4.69, 9.17) is 23.2 Å². The molecule has 0 saturated heterocycles. The predicted molar refractivity (Wildman–Crippen MR) is 78.7 cm³/mol. The zero-order valence-corrected chi connectivity index (χ0v) is 12.8. The van der Waals surface area contributed by atoms with Gasteiger partial charge in [0.25, 0.3) is 5.91 Å². The Morgan fingerprint density at radius 1 is 1.35 bits per heavy atom. The molecular formula is C13H14Cl2N4O. The van der Waals surface area contributed by atoms with Gasteiger partial charge in [0.05, 0.1) is 10.7 Å². The number of carbonyl (C=O) groups is 1. The van der Waals surface area contributed by atoms with Crippen molar-refractivity contribution in [1.29, 1.82) is 0 Å². The van der Waals surface area contributed by atoms with Gasteiger partial charge in [0.1, 0.15) is 5.82 Å². The van der Waals surface area contributed by atoms with Gasteiger partial charge in [0.2, 0.25) is 5.82 Å². The summed E-state index contributed by atoms with van der Waals surface area (Å²) in [6.45, 7) is 5.49. The van der Waals surface area contributed by atoms with Gasteiger partial charge in [-0.15, -0.1) is 5.10 Å². The number of nitrogens with zero attached hydrogens (tertiary/aromatic N) is 3. The quantitative estimate of drug-likeness (QED) is 0.947. The Labute approximate surface area is 126 Å². The van der Waals surface area contributed by atoms with Gasteiger partial charge < -0.3 is 5.32 Å². The molecule has 0 radical (unpaired) electrons. The smallest absolute Gasteiger partial charge is 0.291 e. The first kappa shape index (κ1) is 14.8. The van der Waals surface area contributed by atoms with E-state index in [1.165, 1.54) is 4.68 Å². The van der Waals surface area contributed by atoms with E-state index in [0.29, 0.717) is 21.6 Å². The lowest BCUT2D eigenvalue weighted by atomic mass is 10.3. The van der Waals surface area contributed by atoms with Gasteiger partial charge in [0.15, 0.2) is 0 Å². The highest BCUT2D eigenvalue weighted by Gasteiger charge is 2.17. The van der Waals surface area contributed by atoms with E-state index in [9.17, 15) is 4.79 Å². The molecule has 5 nitrogen and oxygen atoms in total. The van der Waals surface area contributed by atoms with Gasteiger partial charge in [-0.05, 0) is 39.0 Å². The normalized spacial score (nSPS) is 10.9. The van der Waals surface area contributed by atoms with Crippen LogP contribution < -0.4 is 5.32 Å². The first-order chi connectivity index (χ1) is 9.38. The minimum Gasteiger partial charge on any atom is -0.347 e. The molecule has 0 saturated carbocycles. The third kappa shape index (κ3) is 3.11. The van der Waals surface area contributed by atoms with Gasteiger partial charge in [-0.25, -0.2) is 9.67 Å². The second kappa shape index (κ2) is 5.81. The summed E-state index contributed by atoms with van der Waals surface area (Å²) < 4.78 is 1.50. The van der Waals surface area contributed by atoms with Crippen molar-refractivity contribution in [3.05, 3.63) is 39.9 Å². The largest absolute Gasteiger partial charge is 0.347 e. The number of aryl methyl sites for hydroxylation is 1. The molecule has 0 fully saturated rings. The van der Waals surface area contributed by atoms with E-state index >= 15 is 0 Å². The summed E-state index contributed by atoms with van der Waals surface area (Å²) in [4.78, 5) is 16.0. The minimum absolute atomic E-state index is 0.0181. The fraction of sp³-hybridized carbons (Fsp3) is 0.308. The molecule has 20 heavy (non-hydrogen) atoms. The molecule has 7 heteroatoms. The molecule has 1 N–H and O–H groups in total. The number of aromatic nitrogens is 3. The summed E-state index contributed by atoms with van der Waals surface area (Å²) in [7, 11) is 0. The van der Waals surface area contributed by atoms with Crippen molar-refractivity contribution in [3.8, 4) is 5.69 Å². The van der Waals surface area contributed by atoms with Gasteiger partial charge in [0, 0.05) is 11.1 Å². The monoisotopic (exact) mass is 312 g/mol. The van der Waals surface area contributed by atoms with Crippen molar-refractivity contribution in [1.82, 2.24) is 20.1 Å². The van der Waals surface area contributed by atoms with E-state index in [1.54, 1.807) is 25.1 Å². The topological polar surface area (TPSA) is 59.8 Å². The van der Waals surface area contributed by atoms with Crippen LogP contribution in [0.15, 0.2) is 18.2 Å². The predicted octanol–water partition coefficient (Wildman–Crippen LogP) is 3.02. The Morgan fingerprint density at radius 2 is 2.05 bits per heavy atom. The summed E-state index contributed by atoms with van der Waals surface area (Å²) in [5, 5.41) is 7.95. The SMILES string of the molecule is Cc1nc(C(=O)NC(C)C)nn1-c1cc(Cl)ccc1Cl. The van der Waals surface area contributed by atoms with Crippen LogP contribution in [0.25, 0.3) is 5.69 Å². The maximum absolute atomic E-state index is 11.9. The lowest BCUT2D eigenvalue weighted by Gasteiger charge is -2.06. The Morgan fingerprint density at radius 3 is 2.70 bits per heavy atom. The minimum atomic E-state index is -0.319. The summed E-state index contributed by atoms with van der Waals surface area (Å²) in [6.07, 6.45) is 0. The third-order valence-electron chi connectivity index (χ3n) is 2.53. The lowest BCUT2D eigenvalue weighted by molar-refractivity contribution is 0.0932. The van der Waals surface area contributed by atoms with E-state index in [2.05, 4.69) is 15.4 Å². The molecule has 0 atom stereocenters. The van der Waals surface area contributed by atoms with E-state index in [0.717, 1.165) is 0 Å². The zero-order valence-electron chi connectivity index (χ0n) is 11.3. The standard InChI is InChI=1S/C13H14Cl2N4O/c1-7(2)16-13(20)12-17-8(3)19(18-12)11-6-9(14)4-5-10(11)15/h4-7H,1-3H3,(H,16,20). The van der Waals surface area contributed by atoms with Crippen molar-refractivity contribution >= 4 is 29.1 Å². The van der Waals surface area contributed by atoms with Crippen LogP contribution in [0.3, 0.4) is 0 Å². The van der Waals surface area contributed by atoms with Crippen LogP contribution >= 0.6 is 23.2 Å². The molecule has 2 aromatic rings. The van der Waals surface area contributed by atoms with Crippen molar-refractivity contribution in [3.63, 3.8) is 0 Å². The van der Waals surface area contributed by atoms with E-state index < -0.39 is 0 Å². The number of carbonyl (C=O) groups excluding carboxylic acids is 1. The molecule has 1 heterocycles. The lowest BCUT2D eigenvalue weighted by Crippen LogP contribution is -2.31. The molecule has 2 rings (SSSR count).